The van der Waals surface area contributed by atoms with Gasteiger partial charge in [0.25, 0.3) is 0 Å². The van der Waals surface area contributed by atoms with Gasteiger partial charge in [-0.25, -0.2) is 4.79 Å². The zero-order valence-electron chi connectivity index (χ0n) is 3.49. The van der Waals surface area contributed by atoms with Crippen molar-refractivity contribution < 1.29 is 18.7 Å². The zero-order chi connectivity index (χ0) is 6.73. The predicted molar refractivity (Wildman–Crippen MR) is 30.9 cm³/mol. The van der Waals surface area contributed by atoms with Crippen LogP contribution in [-0.4, -0.2) is 11.1 Å². The van der Waals surface area contributed by atoms with Crippen molar-refractivity contribution in [3.8, 4) is 0 Å². The van der Waals surface area contributed by atoms with Gasteiger partial charge >= 0.3 is 5.97 Å². The number of halogens is 3. The van der Waals surface area contributed by atoms with Crippen molar-refractivity contribution in [2.45, 2.75) is 0 Å². The average Bonchev–Trinajstić information content (AvgIpc) is 1.64. The molecule has 0 saturated heterocycles. The second-order valence-corrected chi connectivity index (χ2v) is 1.83. The fraction of sp³-hybridized carbons (Fsp3) is 0. The minimum Gasteiger partial charge on any atom is -0.476 e. The third-order valence-electron chi connectivity index (χ3n) is 0.354. The van der Waals surface area contributed by atoms with Crippen molar-refractivity contribution in [1.82, 2.24) is 0 Å². The monoisotopic (exact) mass is 234 g/mol. The highest BCUT2D eigenvalue weighted by molar-refractivity contribution is 14.1. The van der Waals surface area contributed by atoms with E-state index in [9.17, 15) is 13.6 Å². The van der Waals surface area contributed by atoms with Crippen molar-refractivity contribution in [1.29, 1.82) is 0 Å². The molecule has 8 heavy (non-hydrogen) atoms. The maximum atomic E-state index is 11.5. The Morgan fingerprint density at radius 1 is 1.50 bits per heavy atom. The number of carbonyl (C=O) groups is 1. The van der Waals surface area contributed by atoms with Crippen LogP contribution in [0.4, 0.5) is 8.78 Å². The molecule has 1 N–H and O–H groups in total. The molecule has 0 rings (SSSR count). The van der Waals surface area contributed by atoms with Gasteiger partial charge in [0.1, 0.15) is 0 Å². The number of aliphatic carboxylic acids is 1. The predicted octanol–water partition coefficient (Wildman–Crippen LogP) is 1.61. The summed E-state index contributed by atoms with van der Waals surface area (Å²) in [5.41, 5.74) is 0. The standard InChI is InChI=1S/C3HF2IO2/c4-1(2(5)6)3(7)8/h(H,7,8)/b2-1+. The lowest BCUT2D eigenvalue weighted by Gasteiger charge is -1.82. The van der Waals surface area contributed by atoms with Gasteiger partial charge in [0.05, 0.1) is 0 Å². The van der Waals surface area contributed by atoms with Crippen LogP contribution < -0.4 is 0 Å². The quantitative estimate of drug-likeness (QED) is 0.552. The molecule has 0 aromatic carbocycles. The molecule has 0 amide bonds. The van der Waals surface area contributed by atoms with Crippen molar-refractivity contribution in [3.63, 3.8) is 0 Å². The molecule has 0 aromatic rings. The van der Waals surface area contributed by atoms with Gasteiger partial charge in [-0.1, -0.05) is 0 Å². The number of carboxylic acid groups (broad SMARTS) is 1. The van der Waals surface area contributed by atoms with Crippen LogP contribution in [0.2, 0.25) is 0 Å². The van der Waals surface area contributed by atoms with Crippen LogP contribution in [0.25, 0.3) is 0 Å². The Bertz CT molecular complexity index is 138. The Hall–Kier alpha value is -0.200. The van der Waals surface area contributed by atoms with E-state index in [1.807, 2.05) is 0 Å². The Morgan fingerprint density at radius 3 is 1.88 bits per heavy atom. The molecule has 0 bridgehead atoms. The summed E-state index contributed by atoms with van der Waals surface area (Å²) in [7, 11) is 0. The molecule has 0 saturated carbocycles. The molecule has 0 aromatic heterocycles. The van der Waals surface area contributed by atoms with E-state index >= 15 is 0 Å². The minimum absolute atomic E-state index is 0.941. The average molecular weight is 234 g/mol. The number of carboxylic acids is 1. The summed E-state index contributed by atoms with van der Waals surface area (Å²) in [6.45, 7) is 0. The number of rotatable bonds is 1. The molecule has 2 nitrogen and oxygen atoms in total. The molecule has 0 spiro atoms. The molecule has 0 radical (unpaired) electrons. The molecule has 0 atom stereocenters. The molecule has 0 aliphatic carbocycles. The summed E-state index contributed by atoms with van der Waals surface area (Å²) < 4.78 is 21.7. The summed E-state index contributed by atoms with van der Waals surface area (Å²) >= 11 is 0.941. The summed E-state index contributed by atoms with van der Waals surface area (Å²) in [4.78, 5) is 9.46. The molecule has 0 aliphatic heterocycles. The maximum Gasteiger partial charge on any atom is 0.368 e. The Balaban J connectivity index is 4.23. The summed E-state index contributed by atoms with van der Waals surface area (Å²) in [5, 5.41) is 7.67. The van der Waals surface area contributed by atoms with Gasteiger partial charge in [0.2, 0.25) is 9.66 Å². The molecular weight excluding hydrogens is 233 g/mol. The van der Waals surface area contributed by atoms with E-state index in [1.54, 1.807) is 0 Å². The van der Waals surface area contributed by atoms with Gasteiger partial charge in [0.15, 0.2) is 0 Å². The van der Waals surface area contributed by atoms with Crippen LogP contribution in [0, 0.1) is 0 Å². The van der Waals surface area contributed by atoms with E-state index < -0.39 is 15.6 Å². The number of hydrogen-bond acceptors (Lipinski definition) is 1. The third-order valence-corrected chi connectivity index (χ3v) is 0.827. The Labute approximate surface area is 57.3 Å². The summed E-state index contributed by atoms with van der Waals surface area (Å²) in [6.07, 6.45) is 0. The molecule has 46 valence electrons. The first-order valence-corrected chi connectivity index (χ1v) is 2.57. The lowest BCUT2D eigenvalue weighted by Crippen LogP contribution is -1.94. The van der Waals surface area contributed by atoms with Crippen molar-refractivity contribution >= 4 is 28.6 Å². The van der Waals surface area contributed by atoms with Crippen LogP contribution in [0.15, 0.2) is 9.66 Å². The largest absolute Gasteiger partial charge is 0.476 e. The van der Waals surface area contributed by atoms with Crippen LogP contribution in [0.1, 0.15) is 0 Å². The SMILES string of the molecule is O=C(O)/C(F)=C(/F)I. The van der Waals surface area contributed by atoms with E-state index in [4.69, 9.17) is 5.11 Å². The summed E-state index contributed by atoms with van der Waals surface area (Å²) in [6, 6.07) is 0. The van der Waals surface area contributed by atoms with Crippen LogP contribution >= 0.6 is 22.6 Å². The molecule has 0 heterocycles. The van der Waals surface area contributed by atoms with Gasteiger partial charge in [-0.15, -0.1) is 0 Å². The lowest BCUT2D eigenvalue weighted by atomic mass is 10.6. The van der Waals surface area contributed by atoms with Crippen molar-refractivity contribution in [2.75, 3.05) is 0 Å². The lowest BCUT2D eigenvalue weighted by molar-refractivity contribution is -0.134. The second kappa shape index (κ2) is 2.95. The van der Waals surface area contributed by atoms with E-state index in [0.717, 1.165) is 22.6 Å². The second-order valence-electron chi connectivity index (χ2n) is 0.880. The highest BCUT2D eigenvalue weighted by atomic mass is 127. The van der Waals surface area contributed by atoms with E-state index in [0.29, 0.717) is 0 Å². The van der Waals surface area contributed by atoms with Gasteiger partial charge in [-0.3, -0.25) is 0 Å². The van der Waals surface area contributed by atoms with Crippen LogP contribution in [0.3, 0.4) is 0 Å². The Kier molecular flexibility index (Phi) is 2.88. The first kappa shape index (κ1) is 7.80. The minimum atomic E-state index is -1.88. The molecule has 5 heteroatoms. The van der Waals surface area contributed by atoms with Crippen LogP contribution in [-0.2, 0) is 4.79 Å². The fourth-order valence-electron chi connectivity index (χ4n) is 0.0808. The van der Waals surface area contributed by atoms with Gasteiger partial charge in [-0.2, -0.15) is 8.78 Å². The smallest absolute Gasteiger partial charge is 0.368 e. The highest BCUT2D eigenvalue weighted by Gasteiger charge is 2.10. The van der Waals surface area contributed by atoms with E-state index in [1.165, 1.54) is 0 Å². The molecule has 0 fully saturated rings. The third kappa shape index (κ3) is 2.20. The normalized spacial score (nSPS) is 12.9. The maximum absolute atomic E-state index is 11.5. The summed E-state index contributed by atoms with van der Waals surface area (Å²) in [5.74, 6) is -3.62. The molecular formula is C3HF2IO2. The van der Waals surface area contributed by atoms with E-state index in [-0.39, 0.29) is 0 Å². The topological polar surface area (TPSA) is 37.3 Å². The van der Waals surface area contributed by atoms with Crippen molar-refractivity contribution in [2.24, 2.45) is 0 Å². The van der Waals surface area contributed by atoms with E-state index in [2.05, 4.69) is 0 Å². The van der Waals surface area contributed by atoms with Gasteiger partial charge < -0.3 is 5.11 Å². The zero-order valence-corrected chi connectivity index (χ0v) is 5.65. The molecule has 0 aliphatic rings. The van der Waals surface area contributed by atoms with Crippen molar-refractivity contribution in [3.05, 3.63) is 9.66 Å². The number of hydrogen-bond donors (Lipinski definition) is 1. The van der Waals surface area contributed by atoms with Crippen LogP contribution in [0.5, 0.6) is 0 Å². The first-order chi connectivity index (χ1) is 3.55. The first-order valence-electron chi connectivity index (χ1n) is 1.49. The molecule has 0 unspecified atom stereocenters. The fourth-order valence-corrected chi connectivity index (χ4v) is 0.312. The van der Waals surface area contributed by atoms with Gasteiger partial charge in [-0.05, 0) is 22.6 Å². The highest BCUT2D eigenvalue weighted by Crippen LogP contribution is 2.14. The Morgan fingerprint density at radius 2 is 1.88 bits per heavy atom. The van der Waals surface area contributed by atoms with Gasteiger partial charge in [0, 0.05) is 0 Å².